The van der Waals surface area contributed by atoms with Crippen molar-refractivity contribution in [2.45, 2.75) is 24.7 Å². The third kappa shape index (κ3) is 5.29. The summed E-state index contributed by atoms with van der Waals surface area (Å²) < 4.78 is 27.6. The maximum absolute atomic E-state index is 12.7. The van der Waals surface area contributed by atoms with E-state index < -0.39 is 10.0 Å². The summed E-state index contributed by atoms with van der Waals surface area (Å²) in [4.78, 5) is 15.2. The lowest BCUT2D eigenvalue weighted by Crippen LogP contribution is -2.38. The molecule has 32 heavy (non-hydrogen) atoms. The van der Waals surface area contributed by atoms with Gasteiger partial charge in [0.2, 0.25) is 5.91 Å². The summed E-state index contributed by atoms with van der Waals surface area (Å²) in [5, 5.41) is 2.93. The number of aryl methyl sites for hydroxylation is 1. The predicted molar refractivity (Wildman–Crippen MR) is 128 cm³/mol. The molecule has 1 saturated heterocycles. The summed E-state index contributed by atoms with van der Waals surface area (Å²) in [6.45, 7) is 3.75. The standard InChI is InChI=1S/C25H27N3O3S/c1-19-7-11-23(12-8-19)28-17-15-20(16-18-28)25(29)26-21-9-13-24(14-10-21)32(30,31)27-22-5-3-2-4-6-22/h2-14,20,27H,15-18H2,1H3,(H,26,29). The molecule has 6 nitrogen and oxygen atoms in total. The number of amides is 1. The van der Waals surface area contributed by atoms with E-state index in [1.165, 1.54) is 23.4 Å². The van der Waals surface area contributed by atoms with Gasteiger partial charge in [0, 0.05) is 36.1 Å². The number of rotatable bonds is 6. The molecule has 1 aliphatic heterocycles. The summed E-state index contributed by atoms with van der Waals surface area (Å²) >= 11 is 0. The molecule has 0 saturated carbocycles. The zero-order chi connectivity index (χ0) is 22.6. The van der Waals surface area contributed by atoms with Crippen LogP contribution < -0.4 is 14.9 Å². The van der Waals surface area contributed by atoms with E-state index in [0.29, 0.717) is 11.4 Å². The Morgan fingerprint density at radius 1 is 0.844 bits per heavy atom. The number of hydrogen-bond donors (Lipinski definition) is 2. The van der Waals surface area contributed by atoms with Crippen LogP contribution in [-0.4, -0.2) is 27.4 Å². The third-order valence-electron chi connectivity index (χ3n) is 5.72. The van der Waals surface area contributed by atoms with Crippen LogP contribution in [0, 0.1) is 12.8 Å². The fourth-order valence-corrected chi connectivity index (χ4v) is 4.90. The summed E-state index contributed by atoms with van der Waals surface area (Å²) in [6, 6.07) is 23.4. The van der Waals surface area contributed by atoms with Gasteiger partial charge >= 0.3 is 0 Å². The van der Waals surface area contributed by atoms with E-state index in [9.17, 15) is 13.2 Å². The number of para-hydroxylation sites is 1. The molecular weight excluding hydrogens is 422 g/mol. The molecule has 2 N–H and O–H groups in total. The summed E-state index contributed by atoms with van der Waals surface area (Å²) in [5.41, 5.74) is 3.52. The van der Waals surface area contributed by atoms with E-state index in [-0.39, 0.29) is 16.7 Å². The number of sulfonamides is 1. The highest BCUT2D eigenvalue weighted by Crippen LogP contribution is 2.25. The van der Waals surface area contributed by atoms with Gasteiger partial charge in [-0.05, 0) is 68.3 Å². The molecule has 0 aromatic heterocycles. The van der Waals surface area contributed by atoms with Gasteiger partial charge in [-0.3, -0.25) is 9.52 Å². The molecule has 0 aliphatic carbocycles. The normalized spacial score (nSPS) is 14.7. The maximum Gasteiger partial charge on any atom is 0.261 e. The van der Waals surface area contributed by atoms with Crippen molar-refractivity contribution in [2.75, 3.05) is 28.0 Å². The molecule has 4 rings (SSSR count). The van der Waals surface area contributed by atoms with Crippen molar-refractivity contribution < 1.29 is 13.2 Å². The number of carbonyl (C=O) groups is 1. The van der Waals surface area contributed by atoms with Crippen LogP contribution in [0.5, 0.6) is 0 Å². The molecule has 0 spiro atoms. The van der Waals surface area contributed by atoms with Crippen LogP contribution in [0.2, 0.25) is 0 Å². The number of piperidine rings is 1. The topological polar surface area (TPSA) is 78.5 Å². The quantitative estimate of drug-likeness (QED) is 0.574. The first-order valence-corrected chi connectivity index (χ1v) is 12.2. The molecule has 166 valence electrons. The number of carbonyl (C=O) groups excluding carboxylic acids is 1. The van der Waals surface area contributed by atoms with Gasteiger partial charge in [-0.1, -0.05) is 35.9 Å². The molecule has 0 bridgehead atoms. The van der Waals surface area contributed by atoms with E-state index in [1.807, 2.05) is 6.07 Å². The zero-order valence-corrected chi connectivity index (χ0v) is 18.8. The minimum absolute atomic E-state index is 0.0217. The molecule has 0 radical (unpaired) electrons. The first-order chi connectivity index (χ1) is 15.4. The van der Waals surface area contributed by atoms with Crippen LogP contribution in [-0.2, 0) is 14.8 Å². The van der Waals surface area contributed by atoms with Crippen LogP contribution in [0.4, 0.5) is 17.1 Å². The maximum atomic E-state index is 12.7. The van der Waals surface area contributed by atoms with Gasteiger partial charge in [0.25, 0.3) is 10.0 Å². The SMILES string of the molecule is Cc1ccc(N2CCC(C(=O)Nc3ccc(S(=O)(=O)Nc4ccccc4)cc3)CC2)cc1. The Morgan fingerprint density at radius 3 is 2.09 bits per heavy atom. The molecule has 7 heteroatoms. The predicted octanol–water partition coefficient (Wildman–Crippen LogP) is 4.65. The number of nitrogens with zero attached hydrogens (tertiary/aromatic N) is 1. The Kier molecular flexibility index (Phi) is 6.46. The highest BCUT2D eigenvalue weighted by Gasteiger charge is 2.25. The van der Waals surface area contributed by atoms with Crippen molar-refractivity contribution >= 4 is 33.0 Å². The second kappa shape index (κ2) is 9.44. The summed E-state index contributed by atoms with van der Waals surface area (Å²) in [7, 11) is -3.68. The highest BCUT2D eigenvalue weighted by molar-refractivity contribution is 7.92. The molecule has 3 aromatic carbocycles. The zero-order valence-electron chi connectivity index (χ0n) is 18.0. The monoisotopic (exact) mass is 449 g/mol. The van der Waals surface area contributed by atoms with E-state index in [4.69, 9.17) is 0 Å². The van der Waals surface area contributed by atoms with Gasteiger partial charge in [0.1, 0.15) is 0 Å². The number of nitrogens with one attached hydrogen (secondary N) is 2. The molecule has 1 heterocycles. The van der Waals surface area contributed by atoms with Gasteiger partial charge in [-0.2, -0.15) is 0 Å². The molecule has 3 aromatic rings. The molecule has 1 fully saturated rings. The minimum Gasteiger partial charge on any atom is -0.371 e. The average molecular weight is 450 g/mol. The Hall–Kier alpha value is -3.32. The van der Waals surface area contributed by atoms with Crippen LogP contribution >= 0.6 is 0 Å². The smallest absolute Gasteiger partial charge is 0.261 e. The average Bonchev–Trinajstić information content (AvgIpc) is 2.80. The van der Waals surface area contributed by atoms with E-state index in [1.54, 1.807) is 36.4 Å². The first-order valence-electron chi connectivity index (χ1n) is 10.7. The van der Waals surface area contributed by atoms with Crippen LogP contribution in [0.25, 0.3) is 0 Å². The lowest BCUT2D eigenvalue weighted by atomic mass is 9.95. The first kappa shape index (κ1) is 21.9. The second-order valence-corrected chi connectivity index (χ2v) is 9.76. The number of benzene rings is 3. The fourth-order valence-electron chi connectivity index (χ4n) is 3.84. The summed E-state index contributed by atoms with van der Waals surface area (Å²) in [5.74, 6) is -0.0774. The summed E-state index contributed by atoms with van der Waals surface area (Å²) in [6.07, 6.45) is 1.57. The van der Waals surface area contributed by atoms with Crippen molar-refractivity contribution in [3.8, 4) is 0 Å². The van der Waals surface area contributed by atoms with Crippen molar-refractivity contribution in [2.24, 2.45) is 5.92 Å². The molecule has 1 amide bonds. The third-order valence-corrected chi connectivity index (χ3v) is 7.12. The molecule has 0 atom stereocenters. The largest absolute Gasteiger partial charge is 0.371 e. The Morgan fingerprint density at radius 2 is 1.47 bits per heavy atom. The van der Waals surface area contributed by atoms with E-state index in [2.05, 4.69) is 46.1 Å². The Balaban J connectivity index is 1.32. The van der Waals surface area contributed by atoms with Gasteiger partial charge in [0.15, 0.2) is 0 Å². The van der Waals surface area contributed by atoms with E-state index >= 15 is 0 Å². The van der Waals surface area contributed by atoms with Crippen LogP contribution in [0.3, 0.4) is 0 Å². The van der Waals surface area contributed by atoms with Crippen LogP contribution in [0.15, 0.2) is 83.8 Å². The van der Waals surface area contributed by atoms with Gasteiger partial charge in [0.05, 0.1) is 4.90 Å². The molecule has 1 aliphatic rings. The fraction of sp³-hybridized carbons (Fsp3) is 0.240. The minimum atomic E-state index is -3.68. The van der Waals surface area contributed by atoms with Crippen molar-refractivity contribution in [3.63, 3.8) is 0 Å². The van der Waals surface area contributed by atoms with E-state index in [0.717, 1.165) is 25.9 Å². The molecule has 0 unspecified atom stereocenters. The Labute approximate surface area is 189 Å². The highest BCUT2D eigenvalue weighted by atomic mass is 32.2. The van der Waals surface area contributed by atoms with Crippen molar-refractivity contribution in [1.82, 2.24) is 0 Å². The lowest BCUT2D eigenvalue weighted by molar-refractivity contribution is -0.120. The molecular formula is C25H27N3O3S. The lowest BCUT2D eigenvalue weighted by Gasteiger charge is -2.33. The van der Waals surface area contributed by atoms with Crippen LogP contribution in [0.1, 0.15) is 18.4 Å². The van der Waals surface area contributed by atoms with Gasteiger partial charge in [-0.25, -0.2) is 8.42 Å². The van der Waals surface area contributed by atoms with Crippen molar-refractivity contribution in [3.05, 3.63) is 84.4 Å². The number of hydrogen-bond acceptors (Lipinski definition) is 4. The Bertz CT molecular complexity index is 1150. The van der Waals surface area contributed by atoms with Gasteiger partial charge < -0.3 is 10.2 Å². The van der Waals surface area contributed by atoms with Crippen molar-refractivity contribution in [1.29, 1.82) is 0 Å². The number of anilines is 3. The van der Waals surface area contributed by atoms with Gasteiger partial charge in [-0.15, -0.1) is 0 Å². The second-order valence-electron chi connectivity index (χ2n) is 8.08.